The number of benzene rings is 2. The van der Waals surface area contributed by atoms with Crippen LogP contribution in [0, 0.1) is 5.82 Å². The van der Waals surface area contributed by atoms with E-state index in [1.165, 1.54) is 12.1 Å². The number of carbonyl (C=O) groups is 2. The molecule has 0 saturated carbocycles. The molecule has 35 heavy (non-hydrogen) atoms. The molecule has 0 radical (unpaired) electrons. The molecule has 2 atom stereocenters. The van der Waals surface area contributed by atoms with Gasteiger partial charge in [0.25, 0.3) is 5.91 Å². The van der Waals surface area contributed by atoms with Crippen molar-refractivity contribution >= 4 is 11.8 Å². The van der Waals surface area contributed by atoms with Crippen LogP contribution < -0.4 is 4.74 Å². The first-order valence-corrected chi connectivity index (χ1v) is 12.0. The highest BCUT2D eigenvalue weighted by atomic mass is 19.1. The number of furan rings is 1. The predicted molar refractivity (Wildman–Crippen MR) is 130 cm³/mol. The Labute approximate surface area is 205 Å². The first-order chi connectivity index (χ1) is 16.9. The average Bonchev–Trinajstić information content (AvgIpc) is 3.38. The largest absolute Gasteiger partial charge is 0.481 e. The van der Waals surface area contributed by atoms with Gasteiger partial charge in [-0.3, -0.25) is 9.59 Å². The highest BCUT2D eigenvalue weighted by molar-refractivity contribution is 5.81. The van der Waals surface area contributed by atoms with Gasteiger partial charge >= 0.3 is 0 Å². The number of rotatable bonds is 8. The molecule has 0 unspecified atom stereocenters. The molecule has 0 aliphatic carbocycles. The van der Waals surface area contributed by atoms with Crippen LogP contribution in [-0.2, 0) is 22.6 Å². The lowest BCUT2D eigenvalue weighted by atomic mass is 9.87. The number of carbonyl (C=O) groups excluding carboxylic acids is 2. The lowest BCUT2D eigenvalue weighted by molar-refractivity contribution is -0.138. The smallest absolute Gasteiger partial charge is 0.263 e. The van der Waals surface area contributed by atoms with Crippen molar-refractivity contribution in [1.82, 2.24) is 9.80 Å². The fraction of sp³-hybridized carbons (Fsp3) is 0.357. The van der Waals surface area contributed by atoms with E-state index in [0.717, 1.165) is 11.1 Å². The van der Waals surface area contributed by atoms with Gasteiger partial charge in [-0.15, -0.1) is 0 Å². The van der Waals surface area contributed by atoms with E-state index >= 15 is 0 Å². The summed E-state index contributed by atoms with van der Waals surface area (Å²) in [5, 5.41) is 0. The Morgan fingerprint density at radius 3 is 2.69 bits per heavy atom. The third-order valence-corrected chi connectivity index (χ3v) is 6.41. The summed E-state index contributed by atoms with van der Waals surface area (Å²) in [6, 6.07) is 15.3. The van der Waals surface area contributed by atoms with Crippen LogP contribution in [0.1, 0.15) is 55.2 Å². The highest BCUT2D eigenvalue weighted by Gasteiger charge is 2.32. The molecule has 1 aromatic heterocycles. The first-order valence-electron chi connectivity index (χ1n) is 12.0. The van der Waals surface area contributed by atoms with Crippen LogP contribution in [0.15, 0.2) is 65.3 Å². The Kier molecular flexibility index (Phi) is 7.54. The molecule has 0 spiro atoms. The molecule has 184 valence electrons. The quantitative estimate of drug-likeness (QED) is 0.451. The normalized spacial score (nSPS) is 15.9. The number of amides is 2. The van der Waals surface area contributed by atoms with Gasteiger partial charge in [0.15, 0.2) is 6.10 Å². The Balaban J connectivity index is 1.62. The van der Waals surface area contributed by atoms with Crippen LogP contribution in [0.4, 0.5) is 4.39 Å². The number of nitrogens with zero attached hydrogens (tertiary/aromatic N) is 2. The van der Waals surface area contributed by atoms with Gasteiger partial charge in [0.05, 0.1) is 18.8 Å². The fourth-order valence-electron chi connectivity index (χ4n) is 4.61. The van der Waals surface area contributed by atoms with E-state index in [4.69, 9.17) is 9.15 Å². The third-order valence-electron chi connectivity index (χ3n) is 6.41. The molecule has 4 rings (SSSR count). The Bertz CT molecular complexity index is 1180. The van der Waals surface area contributed by atoms with Crippen molar-refractivity contribution < 1.29 is 23.1 Å². The lowest BCUT2D eigenvalue weighted by Crippen LogP contribution is -2.40. The second-order valence-corrected chi connectivity index (χ2v) is 8.80. The van der Waals surface area contributed by atoms with Crippen molar-refractivity contribution in [2.75, 3.05) is 13.6 Å². The standard InChI is InChI=1S/C28H31FN2O4/c1-4-25(28(33)30(3)18-23-10-7-15-34-23)35-22-12-11-19-13-14-31(26(32)5-2)27(24(19)17-22)20-8-6-9-21(29)16-20/h6-12,15-17,25,27H,4-5,13-14,18H2,1-3H3/t25-,27-/m0/s1. The van der Waals surface area contributed by atoms with Gasteiger partial charge in [-0.1, -0.05) is 32.0 Å². The second kappa shape index (κ2) is 10.8. The van der Waals surface area contributed by atoms with E-state index in [-0.39, 0.29) is 17.6 Å². The molecule has 0 saturated heterocycles. The monoisotopic (exact) mass is 478 g/mol. The minimum atomic E-state index is -0.669. The average molecular weight is 479 g/mol. The molecule has 1 aliphatic rings. The van der Waals surface area contributed by atoms with Crippen LogP contribution in [-0.4, -0.2) is 41.3 Å². The predicted octanol–water partition coefficient (Wildman–Crippen LogP) is 5.12. The molecule has 2 aromatic carbocycles. The van der Waals surface area contributed by atoms with Crippen molar-refractivity contribution in [3.63, 3.8) is 0 Å². The summed E-state index contributed by atoms with van der Waals surface area (Å²) in [5.74, 6) is 0.760. The van der Waals surface area contributed by atoms with Gasteiger partial charge in [0.1, 0.15) is 17.3 Å². The summed E-state index contributed by atoms with van der Waals surface area (Å²) in [7, 11) is 1.72. The van der Waals surface area contributed by atoms with Gasteiger partial charge in [-0.25, -0.2) is 4.39 Å². The maximum absolute atomic E-state index is 14.1. The van der Waals surface area contributed by atoms with Crippen LogP contribution in [0.25, 0.3) is 0 Å². The lowest BCUT2D eigenvalue weighted by Gasteiger charge is -2.38. The number of ether oxygens (including phenoxy) is 1. The third kappa shape index (κ3) is 5.39. The summed E-state index contributed by atoms with van der Waals surface area (Å²) in [6.45, 7) is 4.65. The number of fused-ring (bicyclic) bond motifs is 1. The Hall–Kier alpha value is -3.61. The Morgan fingerprint density at radius 1 is 1.17 bits per heavy atom. The van der Waals surface area contributed by atoms with E-state index in [1.54, 1.807) is 35.2 Å². The summed E-state index contributed by atoms with van der Waals surface area (Å²) >= 11 is 0. The van der Waals surface area contributed by atoms with Crippen LogP contribution in [0.3, 0.4) is 0 Å². The molecule has 0 bridgehead atoms. The maximum Gasteiger partial charge on any atom is 0.263 e. The van der Waals surface area contributed by atoms with Gasteiger partial charge in [0.2, 0.25) is 5.91 Å². The molecule has 3 aromatic rings. The van der Waals surface area contributed by atoms with Gasteiger partial charge in [-0.2, -0.15) is 0 Å². The van der Waals surface area contributed by atoms with Crippen LogP contribution in [0.2, 0.25) is 0 Å². The molecular formula is C28H31FN2O4. The fourth-order valence-corrected chi connectivity index (χ4v) is 4.61. The minimum Gasteiger partial charge on any atom is -0.481 e. The van der Waals surface area contributed by atoms with E-state index < -0.39 is 12.1 Å². The van der Waals surface area contributed by atoms with Crippen molar-refractivity contribution in [3.8, 4) is 5.75 Å². The molecule has 2 heterocycles. The van der Waals surface area contributed by atoms with Gasteiger partial charge < -0.3 is 19.0 Å². The number of likely N-dealkylation sites (N-methyl/N-ethyl adjacent to an activating group) is 1. The van der Waals surface area contributed by atoms with Crippen molar-refractivity contribution in [2.45, 2.75) is 51.8 Å². The molecule has 1 aliphatic heterocycles. The molecule has 7 heteroatoms. The SMILES string of the molecule is CCC(=O)N1CCc2ccc(O[C@@H](CC)C(=O)N(C)Cc3ccco3)cc2[C@@H]1c1cccc(F)c1. The van der Waals surface area contributed by atoms with Crippen LogP contribution in [0.5, 0.6) is 5.75 Å². The van der Waals surface area contributed by atoms with E-state index in [1.807, 2.05) is 44.2 Å². The minimum absolute atomic E-state index is 0.0115. The summed E-state index contributed by atoms with van der Waals surface area (Å²) in [5.41, 5.74) is 2.69. The number of halogens is 1. The summed E-state index contributed by atoms with van der Waals surface area (Å²) in [6.07, 6.45) is 2.47. The van der Waals surface area contributed by atoms with Crippen molar-refractivity contribution in [3.05, 3.63) is 89.1 Å². The number of hydrogen-bond donors (Lipinski definition) is 0. The summed E-state index contributed by atoms with van der Waals surface area (Å²) < 4.78 is 25.6. The molecule has 2 amide bonds. The van der Waals surface area contributed by atoms with E-state index in [9.17, 15) is 14.0 Å². The zero-order chi connectivity index (χ0) is 24.9. The van der Waals surface area contributed by atoms with Gasteiger partial charge in [-0.05, 0) is 65.9 Å². The zero-order valence-electron chi connectivity index (χ0n) is 20.4. The molecule has 0 fully saturated rings. The first kappa shape index (κ1) is 24.5. The van der Waals surface area contributed by atoms with Crippen LogP contribution >= 0.6 is 0 Å². The molecule has 6 nitrogen and oxygen atoms in total. The van der Waals surface area contributed by atoms with E-state index in [0.29, 0.717) is 49.4 Å². The Morgan fingerprint density at radius 2 is 2.00 bits per heavy atom. The highest BCUT2D eigenvalue weighted by Crippen LogP contribution is 2.38. The van der Waals surface area contributed by atoms with Gasteiger partial charge in [0, 0.05) is 20.0 Å². The topological polar surface area (TPSA) is 63.0 Å². The molecular weight excluding hydrogens is 447 g/mol. The summed E-state index contributed by atoms with van der Waals surface area (Å²) in [4.78, 5) is 29.2. The van der Waals surface area contributed by atoms with Crippen molar-refractivity contribution in [2.24, 2.45) is 0 Å². The maximum atomic E-state index is 14.1. The zero-order valence-corrected chi connectivity index (χ0v) is 20.4. The van der Waals surface area contributed by atoms with E-state index in [2.05, 4.69) is 0 Å². The van der Waals surface area contributed by atoms with Crippen molar-refractivity contribution in [1.29, 1.82) is 0 Å². The number of hydrogen-bond acceptors (Lipinski definition) is 4. The second-order valence-electron chi connectivity index (χ2n) is 8.80. The molecule has 0 N–H and O–H groups in total.